The smallest absolute Gasteiger partial charge is 0.221 e. The van der Waals surface area contributed by atoms with Crippen LogP contribution in [0.25, 0.3) is 0 Å². The minimum atomic E-state index is -4.44. The fourth-order valence-electron chi connectivity index (χ4n) is 3.13. The standard InChI is InChI=1S/C24H26N4O4S3/c1-3-14-25-23(26-15-16-33-17-22-19(2)27-18-28-22)24(34(29,30)20-10-6-4-7-11-20)35(31,32)21-12-8-5-9-13-21/h1,4-13,18,25-26H,14-17H2,2H3,(H,27,28). The van der Waals surface area contributed by atoms with Crippen molar-refractivity contribution in [2.45, 2.75) is 22.5 Å². The second-order valence-corrected chi connectivity index (χ2v) is 12.4. The van der Waals surface area contributed by atoms with Crippen LogP contribution in [0.15, 0.2) is 86.8 Å². The third kappa shape index (κ3) is 6.48. The minimum absolute atomic E-state index is 0.0685. The van der Waals surface area contributed by atoms with Crippen LogP contribution in [0.2, 0.25) is 0 Å². The number of hydrogen-bond acceptors (Lipinski definition) is 8. The molecule has 1 heterocycles. The van der Waals surface area contributed by atoms with E-state index in [2.05, 4.69) is 26.5 Å². The summed E-state index contributed by atoms with van der Waals surface area (Å²) in [6.07, 6.45) is 7.01. The van der Waals surface area contributed by atoms with E-state index in [1.165, 1.54) is 48.5 Å². The van der Waals surface area contributed by atoms with Crippen LogP contribution in [0.3, 0.4) is 0 Å². The number of benzene rings is 2. The van der Waals surface area contributed by atoms with Gasteiger partial charge in [-0.2, -0.15) is 11.8 Å². The number of thioether (sulfide) groups is 1. The van der Waals surface area contributed by atoms with Gasteiger partial charge in [0.15, 0.2) is 0 Å². The summed E-state index contributed by atoms with van der Waals surface area (Å²) >= 11 is 1.59. The van der Waals surface area contributed by atoms with Crippen molar-refractivity contribution < 1.29 is 16.8 Å². The fraction of sp³-hybridized carbons (Fsp3) is 0.208. The molecule has 11 heteroatoms. The van der Waals surface area contributed by atoms with Crippen molar-refractivity contribution in [2.24, 2.45) is 0 Å². The summed E-state index contributed by atoms with van der Waals surface area (Å²) in [4.78, 5) is 6.95. The van der Waals surface area contributed by atoms with Crippen molar-refractivity contribution in [3.63, 3.8) is 0 Å². The molecule has 3 N–H and O–H groups in total. The first-order valence-electron chi connectivity index (χ1n) is 10.6. The molecule has 184 valence electrons. The van der Waals surface area contributed by atoms with Crippen LogP contribution in [0.5, 0.6) is 0 Å². The summed E-state index contributed by atoms with van der Waals surface area (Å²) < 4.78 is 53.8. The zero-order valence-corrected chi connectivity index (χ0v) is 21.5. The zero-order chi connectivity index (χ0) is 25.3. The van der Waals surface area contributed by atoms with Gasteiger partial charge in [0, 0.05) is 23.7 Å². The number of imidazole rings is 1. The Bertz CT molecular complexity index is 1340. The molecule has 8 nitrogen and oxygen atoms in total. The van der Waals surface area contributed by atoms with E-state index in [1.807, 2.05) is 6.92 Å². The monoisotopic (exact) mass is 530 g/mol. The molecule has 0 spiro atoms. The Morgan fingerprint density at radius 2 is 1.54 bits per heavy atom. The second-order valence-electron chi connectivity index (χ2n) is 7.30. The molecule has 0 unspecified atom stereocenters. The van der Waals surface area contributed by atoms with Gasteiger partial charge >= 0.3 is 0 Å². The number of aryl methyl sites for hydroxylation is 1. The number of H-pyrrole nitrogens is 1. The van der Waals surface area contributed by atoms with Gasteiger partial charge in [-0.3, -0.25) is 0 Å². The number of hydrogen-bond donors (Lipinski definition) is 3. The lowest BCUT2D eigenvalue weighted by Crippen LogP contribution is -2.34. The Kier molecular flexibility index (Phi) is 9.03. The number of nitrogens with one attached hydrogen (secondary N) is 3. The summed E-state index contributed by atoms with van der Waals surface area (Å²) in [7, 11) is -8.88. The molecular weight excluding hydrogens is 504 g/mol. The maximum atomic E-state index is 13.7. The fourth-order valence-corrected chi connectivity index (χ4v) is 8.04. The molecule has 0 fully saturated rings. The first kappa shape index (κ1) is 26.4. The maximum Gasteiger partial charge on any atom is 0.221 e. The number of rotatable bonds is 12. The van der Waals surface area contributed by atoms with Gasteiger partial charge < -0.3 is 15.6 Å². The largest absolute Gasteiger partial charge is 0.369 e. The summed E-state index contributed by atoms with van der Waals surface area (Å²) in [5.74, 6) is 3.47. The van der Waals surface area contributed by atoms with Gasteiger partial charge in [-0.25, -0.2) is 21.8 Å². The third-order valence-electron chi connectivity index (χ3n) is 4.89. The van der Waals surface area contributed by atoms with Crippen LogP contribution in [-0.4, -0.2) is 45.6 Å². The molecule has 0 atom stereocenters. The lowest BCUT2D eigenvalue weighted by atomic mass is 10.4. The molecule has 0 radical (unpaired) electrons. The van der Waals surface area contributed by atoms with Gasteiger partial charge in [-0.1, -0.05) is 42.3 Å². The summed E-state index contributed by atoms with van der Waals surface area (Å²) in [6, 6.07) is 14.9. The van der Waals surface area contributed by atoms with Crippen LogP contribution < -0.4 is 10.6 Å². The molecule has 2 aromatic carbocycles. The Morgan fingerprint density at radius 3 is 2.03 bits per heavy atom. The van der Waals surface area contributed by atoms with Crippen LogP contribution >= 0.6 is 11.8 Å². The Balaban J connectivity index is 1.99. The zero-order valence-electron chi connectivity index (χ0n) is 19.1. The van der Waals surface area contributed by atoms with Gasteiger partial charge in [-0.05, 0) is 31.2 Å². The molecule has 0 saturated carbocycles. The van der Waals surface area contributed by atoms with E-state index in [-0.39, 0.29) is 22.2 Å². The van der Waals surface area contributed by atoms with Crippen molar-refractivity contribution >= 4 is 31.4 Å². The molecule has 35 heavy (non-hydrogen) atoms. The molecule has 3 aromatic rings. The minimum Gasteiger partial charge on any atom is -0.369 e. The van der Waals surface area contributed by atoms with E-state index >= 15 is 0 Å². The van der Waals surface area contributed by atoms with Crippen LogP contribution in [-0.2, 0) is 25.4 Å². The van der Waals surface area contributed by atoms with E-state index in [0.29, 0.717) is 18.1 Å². The van der Waals surface area contributed by atoms with Crippen molar-refractivity contribution in [1.82, 2.24) is 20.6 Å². The van der Waals surface area contributed by atoms with Gasteiger partial charge in [0.05, 0.1) is 28.4 Å². The molecule has 3 rings (SSSR count). The molecule has 0 amide bonds. The predicted molar refractivity (Wildman–Crippen MR) is 139 cm³/mol. The highest BCUT2D eigenvalue weighted by molar-refractivity contribution is 8.14. The summed E-state index contributed by atoms with van der Waals surface area (Å²) in [5.41, 5.74) is 1.90. The van der Waals surface area contributed by atoms with E-state index in [0.717, 1.165) is 11.4 Å². The number of terminal acetylenes is 1. The highest BCUT2D eigenvalue weighted by Gasteiger charge is 2.37. The lowest BCUT2D eigenvalue weighted by Gasteiger charge is -2.18. The second kappa shape index (κ2) is 12.0. The molecule has 0 aliphatic carbocycles. The van der Waals surface area contributed by atoms with Crippen molar-refractivity contribution in [3.8, 4) is 12.3 Å². The predicted octanol–water partition coefficient (Wildman–Crippen LogP) is 2.84. The molecule has 0 aliphatic heterocycles. The molecule has 0 bridgehead atoms. The van der Waals surface area contributed by atoms with Crippen molar-refractivity contribution in [1.29, 1.82) is 0 Å². The van der Waals surface area contributed by atoms with E-state index < -0.39 is 23.9 Å². The Labute approximate surface area is 210 Å². The highest BCUT2D eigenvalue weighted by atomic mass is 32.3. The van der Waals surface area contributed by atoms with Crippen LogP contribution in [0.1, 0.15) is 11.4 Å². The van der Waals surface area contributed by atoms with E-state index in [9.17, 15) is 16.8 Å². The van der Waals surface area contributed by atoms with Gasteiger partial charge in [0.25, 0.3) is 0 Å². The van der Waals surface area contributed by atoms with E-state index in [1.54, 1.807) is 30.2 Å². The SMILES string of the molecule is C#CCNC(NCCSCc1[nH]cnc1C)=C(S(=O)(=O)c1ccccc1)S(=O)(=O)c1ccccc1. The molecule has 0 aliphatic rings. The first-order chi connectivity index (χ1) is 16.8. The maximum absolute atomic E-state index is 13.7. The van der Waals surface area contributed by atoms with Gasteiger partial charge in [-0.15, -0.1) is 6.42 Å². The quantitative estimate of drug-likeness (QED) is 0.242. The Morgan fingerprint density at radius 1 is 0.971 bits per heavy atom. The number of aromatic nitrogens is 2. The normalized spacial score (nSPS) is 11.4. The number of aromatic amines is 1. The highest BCUT2D eigenvalue weighted by Crippen LogP contribution is 2.30. The average Bonchev–Trinajstić information content (AvgIpc) is 3.27. The van der Waals surface area contributed by atoms with Gasteiger partial charge in [0.2, 0.25) is 23.9 Å². The Hall–Kier alpha value is -3.20. The molecular formula is C24H26N4O4S3. The summed E-state index contributed by atoms with van der Waals surface area (Å²) in [5, 5.41) is 5.75. The van der Waals surface area contributed by atoms with Gasteiger partial charge in [0.1, 0.15) is 5.82 Å². The van der Waals surface area contributed by atoms with Crippen LogP contribution in [0, 0.1) is 19.3 Å². The third-order valence-corrected chi connectivity index (χ3v) is 10.4. The lowest BCUT2D eigenvalue weighted by molar-refractivity contribution is 0.592. The number of sulfone groups is 2. The molecule has 0 saturated heterocycles. The average molecular weight is 531 g/mol. The topological polar surface area (TPSA) is 121 Å². The first-order valence-corrected chi connectivity index (χ1v) is 14.7. The molecule has 1 aromatic heterocycles. The van der Waals surface area contributed by atoms with Crippen molar-refractivity contribution in [3.05, 3.63) is 88.4 Å². The van der Waals surface area contributed by atoms with Crippen LogP contribution in [0.4, 0.5) is 0 Å². The van der Waals surface area contributed by atoms with E-state index in [4.69, 9.17) is 6.42 Å². The van der Waals surface area contributed by atoms with Crippen molar-refractivity contribution in [2.75, 3.05) is 18.8 Å². The summed E-state index contributed by atoms with van der Waals surface area (Å²) in [6.45, 7) is 2.13. The number of nitrogens with zero attached hydrogens (tertiary/aromatic N) is 1.